The number of aliphatic hydroxyl groups excluding tert-OH is 1. The second-order valence-corrected chi connectivity index (χ2v) is 8.67. The van der Waals surface area contributed by atoms with E-state index in [0.717, 1.165) is 17.1 Å². The predicted octanol–water partition coefficient (Wildman–Crippen LogP) is 0.719. The standard InChI is InChI=1S/C17H21N3O4S/c1-11-7-12(2)20(18-11)14-6-4-5-13(8-14)17(22)19(3)15-9-25(23,24)10-16(15)21/h4-8,15-16,21H,9-10H2,1-3H3/t15-,16-/m1/s1. The van der Waals surface area contributed by atoms with Gasteiger partial charge in [-0.2, -0.15) is 5.10 Å². The number of aromatic nitrogens is 2. The molecule has 1 aliphatic heterocycles. The van der Waals surface area contributed by atoms with E-state index in [9.17, 15) is 18.3 Å². The van der Waals surface area contributed by atoms with Crippen molar-refractivity contribution in [1.82, 2.24) is 14.7 Å². The molecular weight excluding hydrogens is 342 g/mol. The molecule has 3 rings (SSSR count). The van der Waals surface area contributed by atoms with E-state index in [1.54, 1.807) is 22.9 Å². The van der Waals surface area contributed by atoms with E-state index >= 15 is 0 Å². The third kappa shape index (κ3) is 3.45. The number of aryl methyl sites for hydroxylation is 2. The molecular formula is C17H21N3O4S. The van der Waals surface area contributed by atoms with Gasteiger partial charge in [0.25, 0.3) is 5.91 Å². The minimum atomic E-state index is -3.32. The lowest BCUT2D eigenvalue weighted by Gasteiger charge is -2.26. The summed E-state index contributed by atoms with van der Waals surface area (Å²) in [4.78, 5) is 14.1. The fourth-order valence-electron chi connectivity index (χ4n) is 3.20. The molecule has 1 aromatic carbocycles. The number of benzene rings is 1. The second-order valence-electron chi connectivity index (χ2n) is 6.52. The highest BCUT2D eigenvalue weighted by Gasteiger charge is 2.40. The van der Waals surface area contributed by atoms with Crippen LogP contribution in [0.4, 0.5) is 0 Å². The van der Waals surface area contributed by atoms with Gasteiger partial charge in [-0.3, -0.25) is 4.79 Å². The van der Waals surface area contributed by atoms with Crippen LogP contribution in [0.1, 0.15) is 21.7 Å². The van der Waals surface area contributed by atoms with E-state index in [1.165, 1.54) is 11.9 Å². The molecule has 1 fully saturated rings. The summed E-state index contributed by atoms with van der Waals surface area (Å²) in [7, 11) is -1.80. The molecule has 1 amide bonds. The molecule has 2 heterocycles. The van der Waals surface area contributed by atoms with Crippen molar-refractivity contribution in [3.05, 3.63) is 47.3 Å². The monoisotopic (exact) mass is 363 g/mol. The molecule has 7 nitrogen and oxygen atoms in total. The van der Waals surface area contributed by atoms with Crippen LogP contribution in [0.5, 0.6) is 0 Å². The highest BCUT2D eigenvalue weighted by molar-refractivity contribution is 7.91. The van der Waals surface area contributed by atoms with E-state index in [1.807, 2.05) is 26.0 Å². The molecule has 0 bridgehead atoms. The van der Waals surface area contributed by atoms with Gasteiger partial charge in [-0.25, -0.2) is 13.1 Å². The van der Waals surface area contributed by atoms with Gasteiger partial charge in [-0.15, -0.1) is 0 Å². The average Bonchev–Trinajstić information content (AvgIpc) is 3.03. The summed E-state index contributed by atoms with van der Waals surface area (Å²) in [5.41, 5.74) is 3.01. The van der Waals surface area contributed by atoms with Crippen LogP contribution in [0.15, 0.2) is 30.3 Å². The maximum atomic E-state index is 12.8. The molecule has 1 saturated heterocycles. The second kappa shape index (κ2) is 6.27. The number of sulfone groups is 1. The first kappa shape index (κ1) is 17.6. The number of nitrogens with zero attached hydrogens (tertiary/aromatic N) is 3. The number of rotatable bonds is 3. The van der Waals surface area contributed by atoms with E-state index in [4.69, 9.17) is 0 Å². The summed E-state index contributed by atoms with van der Waals surface area (Å²) in [5.74, 6) is -0.848. The quantitative estimate of drug-likeness (QED) is 0.867. The van der Waals surface area contributed by atoms with Crippen molar-refractivity contribution in [3.8, 4) is 5.69 Å². The SMILES string of the molecule is Cc1cc(C)n(-c2cccc(C(=O)N(C)[C@@H]3CS(=O)(=O)C[C@H]3O)c2)n1. The predicted molar refractivity (Wildman–Crippen MR) is 93.6 cm³/mol. The van der Waals surface area contributed by atoms with E-state index in [-0.39, 0.29) is 17.4 Å². The number of amides is 1. The maximum absolute atomic E-state index is 12.8. The van der Waals surface area contributed by atoms with E-state index in [2.05, 4.69) is 5.10 Å². The molecule has 1 N–H and O–H groups in total. The first-order valence-electron chi connectivity index (χ1n) is 7.97. The Kier molecular flexibility index (Phi) is 4.42. The summed E-state index contributed by atoms with van der Waals surface area (Å²) >= 11 is 0. The third-order valence-electron chi connectivity index (χ3n) is 4.46. The van der Waals surface area contributed by atoms with Crippen LogP contribution in [-0.2, 0) is 9.84 Å². The summed E-state index contributed by atoms with van der Waals surface area (Å²) in [6.45, 7) is 3.83. The Labute approximate surface area is 146 Å². The number of carbonyl (C=O) groups excluding carboxylic acids is 1. The van der Waals surface area contributed by atoms with Crippen molar-refractivity contribution in [3.63, 3.8) is 0 Å². The van der Waals surface area contributed by atoms with Gasteiger partial charge in [0.1, 0.15) is 0 Å². The molecule has 0 aliphatic carbocycles. The first-order valence-corrected chi connectivity index (χ1v) is 9.79. The van der Waals surface area contributed by atoms with Gasteiger partial charge >= 0.3 is 0 Å². The molecule has 1 aromatic heterocycles. The van der Waals surface area contributed by atoms with Crippen molar-refractivity contribution in [2.75, 3.05) is 18.6 Å². The average molecular weight is 363 g/mol. The number of likely N-dealkylation sites (N-methyl/N-ethyl adjacent to an activating group) is 1. The van der Waals surface area contributed by atoms with Gasteiger partial charge in [0.05, 0.1) is 35.0 Å². The molecule has 25 heavy (non-hydrogen) atoms. The van der Waals surface area contributed by atoms with Gasteiger partial charge in [-0.1, -0.05) is 6.07 Å². The molecule has 8 heteroatoms. The Morgan fingerprint density at radius 2 is 2.00 bits per heavy atom. The van der Waals surface area contributed by atoms with Crippen LogP contribution >= 0.6 is 0 Å². The molecule has 0 unspecified atom stereocenters. The fraction of sp³-hybridized carbons (Fsp3) is 0.412. The number of carbonyl (C=O) groups is 1. The molecule has 0 radical (unpaired) electrons. The smallest absolute Gasteiger partial charge is 0.254 e. The van der Waals surface area contributed by atoms with Crippen molar-refractivity contribution < 1.29 is 18.3 Å². The number of aliphatic hydroxyl groups is 1. The van der Waals surface area contributed by atoms with E-state index < -0.39 is 22.0 Å². The zero-order chi connectivity index (χ0) is 18.4. The Bertz CT molecular complexity index is 920. The molecule has 2 atom stereocenters. The minimum absolute atomic E-state index is 0.215. The first-order chi connectivity index (χ1) is 11.7. The summed E-state index contributed by atoms with van der Waals surface area (Å²) in [6.07, 6.45) is -1.06. The molecule has 0 saturated carbocycles. The lowest BCUT2D eigenvalue weighted by molar-refractivity contribution is 0.0581. The minimum Gasteiger partial charge on any atom is -0.390 e. The zero-order valence-corrected chi connectivity index (χ0v) is 15.2. The normalized spacial score (nSPS) is 22.1. The van der Waals surface area contributed by atoms with E-state index in [0.29, 0.717) is 5.56 Å². The Morgan fingerprint density at radius 3 is 2.56 bits per heavy atom. The van der Waals surface area contributed by atoms with Gasteiger partial charge < -0.3 is 10.0 Å². The highest BCUT2D eigenvalue weighted by atomic mass is 32.2. The Morgan fingerprint density at radius 1 is 1.28 bits per heavy atom. The van der Waals surface area contributed by atoms with Crippen LogP contribution < -0.4 is 0 Å². The Balaban J connectivity index is 1.88. The topological polar surface area (TPSA) is 92.5 Å². The molecule has 1 aliphatic rings. The third-order valence-corrected chi connectivity index (χ3v) is 6.16. The van der Waals surface area contributed by atoms with Gasteiger partial charge in [0, 0.05) is 18.3 Å². The molecule has 0 spiro atoms. The van der Waals surface area contributed by atoms with Gasteiger partial charge in [0.2, 0.25) is 0 Å². The van der Waals surface area contributed by atoms with Crippen LogP contribution in [-0.4, -0.2) is 64.8 Å². The summed E-state index contributed by atoms with van der Waals surface area (Å²) < 4.78 is 25.1. The van der Waals surface area contributed by atoms with Crippen molar-refractivity contribution in [1.29, 1.82) is 0 Å². The zero-order valence-electron chi connectivity index (χ0n) is 14.4. The van der Waals surface area contributed by atoms with Crippen molar-refractivity contribution in [2.45, 2.75) is 26.0 Å². The highest BCUT2D eigenvalue weighted by Crippen LogP contribution is 2.21. The van der Waals surface area contributed by atoms with Crippen LogP contribution in [0, 0.1) is 13.8 Å². The maximum Gasteiger partial charge on any atom is 0.254 e. The lowest BCUT2D eigenvalue weighted by atomic mass is 10.1. The molecule has 134 valence electrons. The Hall–Kier alpha value is -2.19. The van der Waals surface area contributed by atoms with Gasteiger partial charge in [-0.05, 0) is 38.1 Å². The van der Waals surface area contributed by atoms with Crippen LogP contribution in [0.25, 0.3) is 5.69 Å². The largest absolute Gasteiger partial charge is 0.390 e. The summed E-state index contributed by atoms with van der Waals surface area (Å²) in [5, 5.41) is 14.4. The number of hydrogen-bond acceptors (Lipinski definition) is 5. The van der Waals surface area contributed by atoms with Gasteiger partial charge in [0.15, 0.2) is 9.84 Å². The number of hydrogen-bond donors (Lipinski definition) is 1. The van der Waals surface area contributed by atoms with Crippen LogP contribution in [0.2, 0.25) is 0 Å². The lowest BCUT2D eigenvalue weighted by Crippen LogP contribution is -2.44. The summed E-state index contributed by atoms with van der Waals surface area (Å²) in [6, 6.07) is 8.22. The van der Waals surface area contributed by atoms with Crippen LogP contribution in [0.3, 0.4) is 0 Å². The fourth-order valence-corrected chi connectivity index (χ4v) is 5.04. The van der Waals surface area contributed by atoms with Crippen molar-refractivity contribution in [2.24, 2.45) is 0 Å². The molecule has 2 aromatic rings. The van der Waals surface area contributed by atoms with Crippen molar-refractivity contribution >= 4 is 15.7 Å².